The van der Waals surface area contributed by atoms with Crippen molar-refractivity contribution < 1.29 is 5.11 Å². The Kier molecular flexibility index (Phi) is 2.86. The number of fused-ring (bicyclic) bond motifs is 1. The molecule has 3 rings (SSSR count). The molecule has 2 nitrogen and oxygen atoms in total. The molecule has 2 N–H and O–H groups in total. The topological polar surface area (TPSA) is 32.3 Å². The first-order chi connectivity index (χ1) is 8.57. The molecule has 1 atom stereocenters. The second-order valence-corrected chi connectivity index (χ2v) is 6.51. The second kappa shape index (κ2) is 4.27. The third-order valence-electron chi connectivity index (χ3n) is 4.71. The third kappa shape index (κ3) is 2.14. The highest BCUT2D eigenvalue weighted by Crippen LogP contribution is 2.39. The predicted molar refractivity (Wildman–Crippen MR) is 74.0 cm³/mol. The number of benzene rings is 1. The fraction of sp³-hybridized carbons (Fsp3) is 0.625. The highest BCUT2D eigenvalue weighted by Gasteiger charge is 2.37. The van der Waals surface area contributed by atoms with Crippen molar-refractivity contribution in [2.24, 2.45) is 5.92 Å². The highest BCUT2D eigenvalue weighted by molar-refractivity contribution is 5.42. The number of phenolic OH excluding ortho intramolecular Hbond substituents is 1. The lowest BCUT2D eigenvalue weighted by Gasteiger charge is -2.41. The first-order valence-corrected chi connectivity index (χ1v) is 7.13. The van der Waals surface area contributed by atoms with Gasteiger partial charge in [0, 0.05) is 11.5 Å². The summed E-state index contributed by atoms with van der Waals surface area (Å²) in [7, 11) is 0. The van der Waals surface area contributed by atoms with Gasteiger partial charge in [-0.2, -0.15) is 0 Å². The van der Waals surface area contributed by atoms with E-state index in [9.17, 15) is 5.11 Å². The second-order valence-electron chi connectivity index (χ2n) is 6.51. The molecular formula is C16H23NO. The molecule has 2 heteroatoms. The van der Waals surface area contributed by atoms with Crippen molar-refractivity contribution in [3.05, 3.63) is 29.3 Å². The van der Waals surface area contributed by atoms with Gasteiger partial charge in [0.1, 0.15) is 5.75 Å². The van der Waals surface area contributed by atoms with Gasteiger partial charge in [-0.1, -0.05) is 19.9 Å². The first kappa shape index (κ1) is 12.0. The van der Waals surface area contributed by atoms with Crippen LogP contribution < -0.4 is 5.32 Å². The van der Waals surface area contributed by atoms with Gasteiger partial charge in [0.25, 0.3) is 0 Å². The minimum atomic E-state index is 0.112. The molecule has 1 aromatic carbocycles. The van der Waals surface area contributed by atoms with Crippen molar-refractivity contribution in [2.45, 2.75) is 51.0 Å². The molecule has 18 heavy (non-hydrogen) atoms. The summed E-state index contributed by atoms with van der Waals surface area (Å²) in [6.45, 7) is 5.77. The molecular weight excluding hydrogens is 222 g/mol. The van der Waals surface area contributed by atoms with Crippen LogP contribution in [0.2, 0.25) is 0 Å². The summed E-state index contributed by atoms with van der Waals surface area (Å²) in [6.07, 6.45) is 5.13. The Morgan fingerprint density at radius 3 is 2.78 bits per heavy atom. The number of nitrogens with one attached hydrogen (secondary N) is 1. The summed E-state index contributed by atoms with van der Waals surface area (Å²) in [5, 5.41) is 13.5. The van der Waals surface area contributed by atoms with Crippen molar-refractivity contribution in [1.29, 1.82) is 0 Å². The van der Waals surface area contributed by atoms with Gasteiger partial charge in [0.15, 0.2) is 0 Å². The molecule has 98 valence electrons. The Bertz CT molecular complexity index is 448. The van der Waals surface area contributed by atoms with E-state index in [4.69, 9.17) is 0 Å². The van der Waals surface area contributed by atoms with Crippen LogP contribution >= 0.6 is 0 Å². The zero-order valence-electron chi connectivity index (χ0n) is 11.4. The molecule has 0 heterocycles. The van der Waals surface area contributed by atoms with Crippen LogP contribution in [0.15, 0.2) is 18.2 Å². The van der Waals surface area contributed by atoms with E-state index in [0.29, 0.717) is 11.8 Å². The van der Waals surface area contributed by atoms with Crippen molar-refractivity contribution in [3.8, 4) is 5.75 Å². The lowest BCUT2D eigenvalue weighted by atomic mass is 9.69. The summed E-state index contributed by atoms with van der Waals surface area (Å²) in [5.41, 5.74) is 2.84. The minimum Gasteiger partial charge on any atom is -0.508 e. The largest absolute Gasteiger partial charge is 0.508 e. The average Bonchev–Trinajstić information content (AvgIpc) is 3.13. The van der Waals surface area contributed by atoms with Crippen LogP contribution in [0.4, 0.5) is 0 Å². The van der Waals surface area contributed by atoms with Gasteiger partial charge in [0.05, 0.1) is 0 Å². The zero-order valence-corrected chi connectivity index (χ0v) is 11.4. The standard InChI is InChI=1S/C16H23NO/c1-16(2)14-9-13(18)7-5-12(14)6-8-15(16)17-10-11-3-4-11/h5,7,9,11,15,17-18H,3-4,6,8,10H2,1-2H3/t15-/m1/s1. The van der Waals surface area contributed by atoms with Crippen molar-refractivity contribution >= 4 is 0 Å². The van der Waals surface area contributed by atoms with E-state index in [1.54, 1.807) is 0 Å². The molecule has 0 unspecified atom stereocenters. The van der Waals surface area contributed by atoms with Crippen LogP contribution in [0.5, 0.6) is 5.75 Å². The van der Waals surface area contributed by atoms with E-state index < -0.39 is 0 Å². The molecule has 1 saturated carbocycles. The van der Waals surface area contributed by atoms with E-state index in [1.165, 1.54) is 36.9 Å². The van der Waals surface area contributed by atoms with E-state index in [2.05, 4.69) is 25.2 Å². The van der Waals surface area contributed by atoms with Gasteiger partial charge in [0.2, 0.25) is 0 Å². The van der Waals surface area contributed by atoms with Gasteiger partial charge >= 0.3 is 0 Å². The average molecular weight is 245 g/mol. The molecule has 1 aromatic rings. The van der Waals surface area contributed by atoms with Crippen LogP contribution in [0, 0.1) is 5.92 Å². The Morgan fingerprint density at radius 1 is 1.28 bits per heavy atom. The van der Waals surface area contributed by atoms with Gasteiger partial charge in [-0.25, -0.2) is 0 Å². The molecule has 0 amide bonds. The minimum absolute atomic E-state index is 0.112. The van der Waals surface area contributed by atoms with Crippen molar-refractivity contribution in [1.82, 2.24) is 5.32 Å². The van der Waals surface area contributed by atoms with E-state index in [0.717, 1.165) is 12.3 Å². The van der Waals surface area contributed by atoms with Crippen LogP contribution in [0.1, 0.15) is 44.2 Å². The smallest absolute Gasteiger partial charge is 0.115 e. The summed E-state index contributed by atoms with van der Waals surface area (Å²) < 4.78 is 0. The summed E-state index contributed by atoms with van der Waals surface area (Å²) in [4.78, 5) is 0. The van der Waals surface area contributed by atoms with Crippen molar-refractivity contribution in [3.63, 3.8) is 0 Å². The fourth-order valence-corrected chi connectivity index (χ4v) is 3.22. The molecule has 0 bridgehead atoms. The summed E-state index contributed by atoms with van der Waals surface area (Å²) in [6, 6.07) is 6.39. The molecule has 0 aromatic heterocycles. The molecule has 1 fully saturated rings. The number of phenols is 1. The molecule has 0 spiro atoms. The van der Waals surface area contributed by atoms with Gasteiger partial charge < -0.3 is 10.4 Å². The van der Waals surface area contributed by atoms with Crippen molar-refractivity contribution in [2.75, 3.05) is 6.54 Å². The van der Waals surface area contributed by atoms with Gasteiger partial charge in [-0.05, 0) is 61.4 Å². The molecule has 0 aliphatic heterocycles. The maximum Gasteiger partial charge on any atom is 0.115 e. The lowest BCUT2D eigenvalue weighted by Crippen LogP contribution is -2.48. The van der Waals surface area contributed by atoms with Gasteiger partial charge in [-0.15, -0.1) is 0 Å². The molecule has 0 radical (unpaired) electrons. The Hall–Kier alpha value is -1.02. The van der Waals surface area contributed by atoms with Crippen LogP contribution in [-0.2, 0) is 11.8 Å². The van der Waals surface area contributed by atoms with E-state index in [-0.39, 0.29) is 5.41 Å². The maximum atomic E-state index is 9.71. The number of hydrogen-bond donors (Lipinski definition) is 2. The van der Waals surface area contributed by atoms with Crippen LogP contribution in [0.3, 0.4) is 0 Å². The predicted octanol–water partition coefficient (Wildman–Crippen LogP) is 2.98. The quantitative estimate of drug-likeness (QED) is 0.858. The fourth-order valence-electron chi connectivity index (χ4n) is 3.22. The number of rotatable bonds is 3. The summed E-state index contributed by atoms with van der Waals surface area (Å²) >= 11 is 0. The highest BCUT2D eigenvalue weighted by atomic mass is 16.3. The third-order valence-corrected chi connectivity index (χ3v) is 4.71. The Labute approximate surface area is 109 Å². The lowest BCUT2D eigenvalue weighted by molar-refractivity contribution is 0.299. The molecule has 2 aliphatic rings. The number of aromatic hydroxyl groups is 1. The van der Waals surface area contributed by atoms with E-state index in [1.807, 2.05) is 12.1 Å². The SMILES string of the molecule is CC1(C)c2cc(O)ccc2CC[C@H]1NCC1CC1. The normalized spacial score (nSPS) is 25.8. The molecule has 0 saturated heterocycles. The van der Waals surface area contributed by atoms with Crippen LogP contribution in [-0.4, -0.2) is 17.7 Å². The Balaban J connectivity index is 1.83. The molecule has 2 aliphatic carbocycles. The van der Waals surface area contributed by atoms with Crippen LogP contribution in [0.25, 0.3) is 0 Å². The maximum absolute atomic E-state index is 9.71. The Morgan fingerprint density at radius 2 is 2.06 bits per heavy atom. The van der Waals surface area contributed by atoms with E-state index >= 15 is 0 Å². The number of hydrogen-bond acceptors (Lipinski definition) is 2. The summed E-state index contributed by atoms with van der Waals surface area (Å²) in [5.74, 6) is 1.32. The first-order valence-electron chi connectivity index (χ1n) is 7.13. The zero-order chi connectivity index (χ0) is 12.8. The monoisotopic (exact) mass is 245 g/mol. The number of aryl methyl sites for hydroxylation is 1. The van der Waals surface area contributed by atoms with Gasteiger partial charge in [-0.3, -0.25) is 0 Å².